The molecule has 0 aliphatic heterocycles. The van der Waals surface area contributed by atoms with Crippen molar-refractivity contribution in [2.24, 2.45) is 12.9 Å². The fourth-order valence-corrected chi connectivity index (χ4v) is 1.68. The summed E-state index contributed by atoms with van der Waals surface area (Å²) in [5.74, 6) is 5.60. The second-order valence-electron chi connectivity index (χ2n) is 4.18. The van der Waals surface area contributed by atoms with Crippen molar-refractivity contribution in [2.75, 3.05) is 10.7 Å². The van der Waals surface area contributed by atoms with Crippen LogP contribution < -0.4 is 16.6 Å². The van der Waals surface area contributed by atoms with Crippen LogP contribution in [-0.2, 0) is 13.5 Å². The van der Waals surface area contributed by atoms with Gasteiger partial charge in [0.25, 0.3) is 11.9 Å². The minimum atomic E-state index is -0.339. The SMILES string of the molecule is CCCc1cc(C(=O)Nc2nnn(C)n2)cc(NN)n1. The van der Waals surface area contributed by atoms with E-state index >= 15 is 0 Å². The van der Waals surface area contributed by atoms with Crippen LogP contribution in [0.2, 0.25) is 0 Å². The van der Waals surface area contributed by atoms with Gasteiger partial charge in [-0.25, -0.2) is 10.8 Å². The molecule has 2 heterocycles. The maximum atomic E-state index is 12.1. The molecule has 1 amide bonds. The molecule has 0 aromatic carbocycles. The Hall–Kier alpha value is -2.55. The molecule has 106 valence electrons. The summed E-state index contributed by atoms with van der Waals surface area (Å²) in [5, 5.41) is 13.8. The third-order valence-corrected chi connectivity index (χ3v) is 2.53. The molecular formula is C11H16N8O. The van der Waals surface area contributed by atoms with E-state index in [-0.39, 0.29) is 11.9 Å². The van der Waals surface area contributed by atoms with Crippen LogP contribution in [0.15, 0.2) is 12.1 Å². The standard InChI is InChI=1S/C11H16N8O/c1-3-4-8-5-7(6-9(13-8)15-12)10(20)14-11-16-18-19(2)17-11/h5-6H,3-4,12H2,1-2H3,(H,13,15)(H,14,17,20). The van der Waals surface area contributed by atoms with E-state index in [9.17, 15) is 4.79 Å². The number of nitrogens with two attached hydrogens (primary N) is 1. The zero-order valence-electron chi connectivity index (χ0n) is 11.3. The van der Waals surface area contributed by atoms with E-state index in [0.717, 1.165) is 18.5 Å². The highest BCUT2D eigenvalue weighted by molar-refractivity contribution is 6.03. The molecule has 0 spiro atoms. The van der Waals surface area contributed by atoms with Gasteiger partial charge in [-0.05, 0) is 23.8 Å². The van der Waals surface area contributed by atoms with Crippen molar-refractivity contribution in [3.63, 3.8) is 0 Å². The lowest BCUT2D eigenvalue weighted by atomic mass is 10.1. The lowest BCUT2D eigenvalue weighted by Gasteiger charge is -2.07. The Bertz CT molecular complexity index is 608. The Morgan fingerprint density at radius 1 is 1.45 bits per heavy atom. The van der Waals surface area contributed by atoms with Crippen molar-refractivity contribution >= 4 is 17.7 Å². The third-order valence-electron chi connectivity index (χ3n) is 2.53. The molecular weight excluding hydrogens is 260 g/mol. The van der Waals surface area contributed by atoms with Gasteiger partial charge in [-0.2, -0.15) is 4.80 Å². The molecule has 2 rings (SSSR count). The predicted octanol–water partition coefficient (Wildman–Crippen LogP) is 0.0955. The monoisotopic (exact) mass is 276 g/mol. The number of anilines is 2. The Kier molecular flexibility index (Phi) is 4.20. The molecule has 0 saturated carbocycles. The van der Waals surface area contributed by atoms with Crippen molar-refractivity contribution in [1.82, 2.24) is 25.2 Å². The summed E-state index contributed by atoms with van der Waals surface area (Å²) in [6.45, 7) is 2.04. The second-order valence-corrected chi connectivity index (χ2v) is 4.18. The van der Waals surface area contributed by atoms with Crippen LogP contribution in [0.25, 0.3) is 0 Å². The largest absolute Gasteiger partial charge is 0.308 e. The zero-order valence-corrected chi connectivity index (χ0v) is 11.3. The van der Waals surface area contributed by atoms with E-state index in [1.165, 1.54) is 4.80 Å². The topological polar surface area (TPSA) is 124 Å². The first-order valence-corrected chi connectivity index (χ1v) is 6.15. The first-order valence-electron chi connectivity index (χ1n) is 6.15. The number of aryl methyl sites for hydroxylation is 2. The number of amides is 1. The normalized spacial score (nSPS) is 10.3. The van der Waals surface area contributed by atoms with Gasteiger partial charge in [-0.3, -0.25) is 10.1 Å². The Morgan fingerprint density at radius 3 is 2.85 bits per heavy atom. The van der Waals surface area contributed by atoms with Crippen molar-refractivity contribution in [2.45, 2.75) is 19.8 Å². The van der Waals surface area contributed by atoms with Gasteiger partial charge in [0.05, 0.1) is 7.05 Å². The van der Waals surface area contributed by atoms with Crippen molar-refractivity contribution in [1.29, 1.82) is 0 Å². The van der Waals surface area contributed by atoms with Crippen LogP contribution in [0.1, 0.15) is 29.4 Å². The summed E-state index contributed by atoms with van der Waals surface area (Å²) in [6.07, 6.45) is 1.69. The Labute approximate surface area is 115 Å². The second kappa shape index (κ2) is 6.06. The van der Waals surface area contributed by atoms with Crippen LogP contribution in [0, 0.1) is 0 Å². The van der Waals surface area contributed by atoms with Gasteiger partial charge < -0.3 is 5.43 Å². The van der Waals surface area contributed by atoms with E-state index < -0.39 is 0 Å². The number of pyridine rings is 1. The van der Waals surface area contributed by atoms with Crippen molar-refractivity contribution in [3.05, 3.63) is 23.4 Å². The van der Waals surface area contributed by atoms with Crippen LogP contribution in [-0.4, -0.2) is 31.1 Å². The molecule has 0 atom stereocenters. The number of aromatic nitrogens is 5. The summed E-state index contributed by atoms with van der Waals surface area (Å²) in [4.78, 5) is 17.7. The number of rotatable bonds is 5. The quantitative estimate of drug-likeness (QED) is 0.522. The van der Waals surface area contributed by atoms with Gasteiger partial charge in [0, 0.05) is 11.3 Å². The number of nitrogen functional groups attached to an aromatic ring is 1. The first-order chi connectivity index (χ1) is 9.62. The molecule has 0 radical (unpaired) electrons. The predicted molar refractivity (Wildman–Crippen MR) is 72.8 cm³/mol. The minimum absolute atomic E-state index is 0.147. The molecule has 0 unspecified atom stereocenters. The average Bonchev–Trinajstić information content (AvgIpc) is 2.84. The Balaban J connectivity index is 2.21. The number of hydrogen-bond acceptors (Lipinski definition) is 7. The highest BCUT2D eigenvalue weighted by Gasteiger charge is 2.12. The molecule has 0 saturated heterocycles. The third kappa shape index (κ3) is 3.26. The van der Waals surface area contributed by atoms with Crippen LogP contribution in [0.3, 0.4) is 0 Å². The highest BCUT2D eigenvalue weighted by Crippen LogP contribution is 2.12. The summed E-state index contributed by atoms with van der Waals surface area (Å²) < 4.78 is 0. The van der Waals surface area contributed by atoms with E-state index in [1.54, 1.807) is 19.2 Å². The number of tetrazole rings is 1. The number of carbonyl (C=O) groups excluding carboxylic acids is 1. The first kappa shape index (κ1) is 13.9. The summed E-state index contributed by atoms with van der Waals surface area (Å²) in [5.41, 5.74) is 3.68. The molecule has 9 heteroatoms. The molecule has 2 aromatic heterocycles. The fraction of sp³-hybridized carbons (Fsp3) is 0.364. The lowest BCUT2D eigenvalue weighted by molar-refractivity contribution is 0.102. The molecule has 2 aromatic rings. The molecule has 9 nitrogen and oxygen atoms in total. The zero-order chi connectivity index (χ0) is 14.5. The Morgan fingerprint density at radius 2 is 2.25 bits per heavy atom. The van der Waals surface area contributed by atoms with E-state index in [0.29, 0.717) is 11.4 Å². The van der Waals surface area contributed by atoms with Gasteiger partial charge in [0.2, 0.25) is 0 Å². The molecule has 0 fully saturated rings. The van der Waals surface area contributed by atoms with Crippen LogP contribution in [0.5, 0.6) is 0 Å². The van der Waals surface area contributed by atoms with Gasteiger partial charge >= 0.3 is 0 Å². The van der Waals surface area contributed by atoms with E-state index in [2.05, 4.69) is 31.1 Å². The van der Waals surface area contributed by atoms with Crippen molar-refractivity contribution in [3.8, 4) is 0 Å². The van der Waals surface area contributed by atoms with Crippen molar-refractivity contribution < 1.29 is 4.79 Å². The number of carbonyl (C=O) groups is 1. The average molecular weight is 276 g/mol. The highest BCUT2D eigenvalue weighted by atomic mass is 16.1. The molecule has 20 heavy (non-hydrogen) atoms. The minimum Gasteiger partial charge on any atom is -0.308 e. The number of nitrogens with one attached hydrogen (secondary N) is 2. The van der Waals surface area contributed by atoms with E-state index in [4.69, 9.17) is 5.84 Å². The number of hydrazine groups is 1. The molecule has 0 bridgehead atoms. The molecule has 0 aliphatic rings. The molecule has 4 N–H and O–H groups in total. The van der Waals surface area contributed by atoms with Crippen LogP contribution in [0.4, 0.5) is 11.8 Å². The van der Waals surface area contributed by atoms with Gasteiger partial charge in [0.1, 0.15) is 5.82 Å². The summed E-state index contributed by atoms with van der Waals surface area (Å²) >= 11 is 0. The number of nitrogens with zero attached hydrogens (tertiary/aromatic N) is 5. The maximum Gasteiger partial charge on any atom is 0.270 e. The van der Waals surface area contributed by atoms with Gasteiger partial charge in [-0.15, -0.1) is 5.10 Å². The molecule has 0 aliphatic carbocycles. The summed E-state index contributed by atoms with van der Waals surface area (Å²) in [6, 6.07) is 3.28. The lowest BCUT2D eigenvalue weighted by Crippen LogP contribution is -2.16. The van der Waals surface area contributed by atoms with Crippen LogP contribution >= 0.6 is 0 Å². The number of hydrogen-bond donors (Lipinski definition) is 3. The van der Waals surface area contributed by atoms with E-state index in [1.807, 2.05) is 6.92 Å². The smallest absolute Gasteiger partial charge is 0.270 e. The van der Waals surface area contributed by atoms with Gasteiger partial charge in [-0.1, -0.05) is 18.4 Å². The fourth-order valence-electron chi connectivity index (χ4n) is 1.68. The summed E-state index contributed by atoms with van der Waals surface area (Å²) in [7, 11) is 1.62. The maximum absolute atomic E-state index is 12.1. The van der Waals surface area contributed by atoms with Gasteiger partial charge in [0.15, 0.2) is 0 Å².